The predicted octanol–water partition coefficient (Wildman–Crippen LogP) is 1.85. The summed E-state index contributed by atoms with van der Waals surface area (Å²) in [6.07, 6.45) is 1.30. The van der Waals surface area contributed by atoms with Crippen LogP contribution in [0.2, 0.25) is 0 Å². The number of hydrogen-bond acceptors (Lipinski definition) is 3. The molecule has 0 unspecified atom stereocenters. The summed E-state index contributed by atoms with van der Waals surface area (Å²) in [7, 11) is 0. The van der Waals surface area contributed by atoms with Crippen LogP contribution in [0.4, 0.5) is 0 Å². The molecule has 3 nitrogen and oxygen atoms in total. The zero-order valence-electron chi connectivity index (χ0n) is 9.85. The molecule has 1 fully saturated rings. The topological polar surface area (TPSA) is 59.1 Å². The summed E-state index contributed by atoms with van der Waals surface area (Å²) in [4.78, 5) is 4.45. The molecule has 0 atom stereocenters. The number of fused-ring (bicyclic) bond motifs is 1. The summed E-state index contributed by atoms with van der Waals surface area (Å²) >= 11 is 0. The molecule has 17 heavy (non-hydrogen) atoms. The van der Waals surface area contributed by atoms with E-state index in [2.05, 4.69) is 4.98 Å². The second-order valence-corrected chi connectivity index (χ2v) is 5.06. The molecule has 0 aliphatic heterocycles. The van der Waals surface area contributed by atoms with Gasteiger partial charge in [0.25, 0.3) is 0 Å². The number of aryl methyl sites for hydroxylation is 1. The van der Waals surface area contributed by atoms with Crippen LogP contribution in [0.25, 0.3) is 10.9 Å². The summed E-state index contributed by atoms with van der Waals surface area (Å²) in [5.41, 5.74) is 7.97. The standard InChI is InChI=1S/C14H16N2O/c1-9-2-3-10-6-11(4-5-13(10)16-9)14(17)7-12(15)8-14/h2-6,12,17H,7-8,15H2,1H3. The lowest BCUT2D eigenvalue weighted by Gasteiger charge is -2.42. The van der Waals surface area contributed by atoms with Crippen molar-refractivity contribution in [2.45, 2.75) is 31.4 Å². The van der Waals surface area contributed by atoms with Crippen LogP contribution in [0.5, 0.6) is 0 Å². The number of nitrogens with zero attached hydrogens (tertiary/aromatic N) is 1. The van der Waals surface area contributed by atoms with Crippen molar-refractivity contribution >= 4 is 10.9 Å². The summed E-state index contributed by atoms with van der Waals surface area (Å²) < 4.78 is 0. The van der Waals surface area contributed by atoms with Crippen LogP contribution in [-0.4, -0.2) is 16.1 Å². The molecule has 1 aromatic heterocycles. The van der Waals surface area contributed by atoms with Crippen molar-refractivity contribution in [1.29, 1.82) is 0 Å². The Morgan fingerprint density at radius 3 is 2.76 bits per heavy atom. The van der Waals surface area contributed by atoms with Gasteiger partial charge in [0.05, 0.1) is 11.1 Å². The molecule has 0 bridgehead atoms. The van der Waals surface area contributed by atoms with Gasteiger partial charge in [0.15, 0.2) is 0 Å². The molecule has 1 aromatic carbocycles. The Kier molecular flexibility index (Phi) is 2.21. The first kappa shape index (κ1) is 10.7. The Bertz CT molecular complexity index is 573. The number of pyridine rings is 1. The quantitative estimate of drug-likeness (QED) is 0.783. The average molecular weight is 228 g/mol. The van der Waals surface area contributed by atoms with E-state index in [9.17, 15) is 5.11 Å². The molecule has 1 heterocycles. The van der Waals surface area contributed by atoms with Gasteiger partial charge in [-0.25, -0.2) is 0 Å². The molecule has 3 heteroatoms. The summed E-state index contributed by atoms with van der Waals surface area (Å²) in [5, 5.41) is 11.4. The molecule has 0 spiro atoms. The number of rotatable bonds is 1. The van der Waals surface area contributed by atoms with Crippen molar-refractivity contribution in [2.24, 2.45) is 5.73 Å². The molecule has 2 aromatic rings. The Balaban J connectivity index is 2.05. The molecular formula is C14H16N2O. The van der Waals surface area contributed by atoms with Crippen LogP contribution < -0.4 is 5.73 Å². The Morgan fingerprint density at radius 2 is 2.06 bits per heavy atom. The smallest absolute Gasteiger partial charge is 0.0926 e. The molecular weight excluding hydrogens is 212 g/mol. The van der Waals surface area contributed by atoms with Gasteiger partial charge in [-0.3, -0.25) is 4.98 Å². The molecule has 88 valence electrons. The molecule has 1 saturated carbocycles. The van der Waals surface area contributed by atoms with E-state index in [0.29, 0.717) is 12.8 Å². The molecule has 1 aliphatic rings. The Morgan fingerprint density at radius 1 is 1.29 bits per heavy atom. The fourth-order valence-corrected chi connectivity index (χ4v) is 2.56. The molecule has 0 amide bonds. The minimum atomic E-state index is -0.724. The first-order valence-corrected chi connectivity index (χ1v) is 5.93. The van der Waals surface area contributed by atoms with E-state index in [1.165, 1.54) is 0 Å². The van der Waals surface area contributed by atoms with Crippen molar-refractivity contribution in [3.05, 3.63) is 41.6 Å². The maximum Gasteiger partial charge on any atom is 0.0926 e. The second kappa shape index (κ2) is 3.52. The SMILES string of the molecule is Cc1ccc2cc(C3(O)CC(N)C3)ccc2n1. The van der Waals surface area contributed by atoms with Gasteiger partial charge in [0.1, 0.15) is 0 Å². The van der Waals surface area contributed by atoms with Gasteiger partial charge in [-0.15, -0.1) is 0 Å². The van der Waals surface area contributed by atoms with Crippen LogP contribution in [0, 0.1) is 6.92 Å². The third kappa shape index (κ3) is 1.72. The third-order valence-corrected chi connectivity index (χ3v) is 3.57. The van der Waals surface area contributed by atoms with Crippen LogP contribution in [0.1, 0.15) is 24.1 Å². The van der Waals surface area contributed by atoms with E-state index < -0.39 is 5.60 Å². The first-order chi connectivity index (χ1) is 8.07. The molecule has 3 rings (SSSR count). The van der Waals surface area contributed by atoms with Crippen molar-refractivity contribution in [2.75, 3.05) is 0 Å². The van der Waals surface area contributed by atoms with Gasteiger partial charge in [0, 0.05) is 17.1 Å². The van der Waals surface area contributed by atoms with Gasteiger partial charge in [-0.2, -0.15) is 0 Å². The van der Waals surface area contributed by atoms with E-state index in [1.807, 2.05) is 37.3 Å². The normalized spacial score (nSPS) is 28.1. The van der Waals surface area contributed by atoms with Crippen molar-refractivity contribution in [3.63, 3.8) is 0 Å². The second-order valence-electron chi connectivity index (χ2n) is 5.06. The largest absolute Gasteiger partial charge is 0.385 e. The number of nitrogens with two attached hydrogens (primary N) is 1. The van der Waals surface area contributed by atoms with Gasteiger partial charge < -0.3 is 10.8 Å². The highest BCUT2D eigenvalue weighted by Gasteiger charge is 2.42. The van der Waals surface area contributed by atoms with Gasteiger partial charge >= 0.3 is 0 Å². The minimum absolute atomic E-state index is 0.131. The highest BCUT2D eigenvalue weighted by molar-refractivity contribution is 5.79. The van der Waals surface area contributed by atoms with Crippen LogP contribution in [0.3, 0.4) is 0 Å². The van der Waals surface area contributed by atoms with E-state index in [1.54, 1.807) is 0 Å². The molecule has 1 aliphatic carbocycles. The maximum absolute atomic E-state index is 10.4. The molecule has 0 saturated heterocycles. The van der Waals surface area contributed by atoms with Crippen LogP contribution in [-0.2, 0) is 5.60 Å². The fourth-order valence-electron chi connectivity index (χ4n) is 2.56. The highest BCUT2D eigenvalue weighted by Crippen LogP contribution is 2.40. The number of aliphatic hydroxyl groups is 1. The first-order valence-electron chi connectivity index (χ1n) is 5.93. The van der Waals surface area contributed by atoms with E-state index >= 15 is 0 Å². The van der Waals surface area contributed by atoms with Crippen molar-refractivity contribution < 1.29 is 5.11 Å². The zero-order valence-corrected chi connectivity index (χ0v) is 9.85. The van der Waals surface area contributed by atoms with Crippen molar-refractivity contribution in [3.8, 4) is 0 Å². The van der Waals surface area contributed by atoms with Gasteiger partial charge in [-0.1, -0.05) is 12.1 Å². The van der Waals surface area contributed by atoms with E-state index in [4.69, 9.17) is 5.73 Å². The van der Waals surface area contributed by atoms with Gasteiger partial charge in [-0.05, 0) is 43.5 Å². The van der Waals surface area contributed by atoms with Crippen LogP contribution in [0.15, 0.2) is 30.3 Å². The number of aromatic nitrogens is 1. The van der Waals surface area contributed by atoms with E-state index in [-0.39, 0.29) is 6.04 Å². The van der Waals surface area contributed by atoms with Crippen molar-refractivity contribution in [1.82, 2.24) is 4.98 Å². The Hall–Kier alpha value is -1.45. The summed E-state index contributed by atoms with van der Waals surface area (Å²) in [6.45, 7) is 1.98. The lowest BCUT2D eigenvalue weighted by molar-refractivity contribution is -0.0521. The van der Waals surface area contributed by atoms with E-state index in [0.717, 1.165) is 22.2 Å². The minimum Gasteiger partial charge on any atom is -0.385 e. The average Bonchev–Trinajstić information content (AvgIpc) is 2.26. The Labute approximate surface area is 100 Å². The lowest BCUT2D eigenvalue weighted by atomic mass is 9.71. The monoisotopic (exact) mass is 228 g/mol. The fraction of sp³-hybridized carbons (Fsp3) is 0.357. The lowest BCUT2D eigenvalue weighted by Crippen LogP contribution is -2.49. The van der Waals surface area contributed by atoms with Crippen LogP contribution >= 0.6 is 0 Å². The summed E-state index contributed by atoms with van der Waals surface area (Å²) in [6, 6.07) is 10.1. The molecule has 0 radical (unpaired) electrons. The molecule has 3 N–H and O–H groups in total. The predicted molar refractivity (Wildman–Crippen MR) is 67.6 cm³/mol. The third-order valence-electron chi connectivity index (χ3n) is 3.57. The number of hydrogen-bond donors (Lipinski definition) is 2. The highest BCUT2D eigenvalue weighted by atomic mass is 16.3. The maximum atomic E-state index is 10.4. The van der Waals surface area contributed by atoms with Gasteiger partial charge in [0.2, 0.25) is 0 Å². The summed E-state index contributed by atoms with van der Waals surface area (Å²) in [5.74, 6) is 0. The zero-order chi connectivity index (χ0) is 12.0. The number of benzene rings is 1.